The zero-order chi connectivity index (χ0) is 24.5. The Hall–Kier alpha value is -4.44. The molecular weight excluding hydrogens is 456 g/mol. The first-order valence-corrected chi connectivity index (χ1v) is 11.0. The van der Waals surface area contributed by atoms with Crippen LogP contribution in [0.5, 0.6) is 0 Å². The summed E-state index contributed by atoms with van der Waals surface area (Å²) >= 11 is 1.23. The van der Waals surface area contributed by atoms with E-state index < -0.39 is 22.6 Å². The lowest BCUT2D eigenvalue weighted by Crippen LogP contribution is -2.30. The first kappa shape index (κ1) is 24.2. The van der Waals surface area contributed by atoms with Crippen LogP contribution in [0.25, 0.3) is 6.08 Å². The average molecular weight is 477 g/mol. The number of carbonyl (C=O) groups is 3. The fraction of sp³-hybridized carbons (Fsp3) is 0.0417. The van der Waals surface area contributed by atoms with Crippen molar-refractivity contribution >= 4 is 46.9 Å². The summed E-state index contributed by atoms with van der Waals surface area (Å²) in [4.78, 5) is 47.9. The first-order valence-electron chi connectivity index (χ1n) is 9.97. The van der Waals surface area contributed by atoms with Gasteiger partial charge in [-0.25, -0.2) is 0 Å². The van der Waals surface area contributed by atoms with Gasteiger partial charge in [-0.15, -0.1) is 11.8 Å². The number of nitrogens with zero attached hydrogens (tertiary/aromatic N) is 1. The number of nitrogens with two attached hydrogens (primary N) is 1. The van der Waals surface area contributed by atoms with Crippen molar-refractivity contribution in [3.05, 3.63) is 106 Å². The fourth-order valence-electron chi connectivity index (χ4n) is 2.82. The molecule has 0 unspecified atom stereocenters. The lowest BCUT2D eigenvalue weighted by Gasteiger charge is -2.12. The van der Waals surface area contributed by atoms with Crippen LogP contribution < -0.4 is 16.4 Å². The molecule has 0 spiro atoms. The fourth-order valence-corrected chi connectivity index (χ4v) is 3.51. The van der Waals surface area contributed by atoms with Gasteiger partial charge in [-0.3, -0.25) is 24.5 Å². The quantitative estimate of drug-likeness (QED) is 0.186. The zero-order valence-electron chi connectivity index (χ0n) is 17.8. The Balaban J connectivity index is 1.85. The van der Waals surface area contributed by atoms with Crippen LogP contribution in [0.4, 0.5) is 11.4 Å². The van der Waals surface area contributed by atoms with Gasteiger partial charge in [0.2, 0.25) is 5.91 Å². The first-order chi connectivity index (χ1) is 16.3. The molecule has 0 saturated carbocycles. The molecule has 0 saturated heterocycles. The van der Waals surface area contributed by atoms with Crippen molar-refractivity contribution in [3.8, 4) is 0 Å². The van der Waals surface area contributed by atoms with Gasteiger partial charge >= 0.3 is 0 Å². The second-order valence-corrected chi connectivity index (χ2v) is 8.01. The highest BCUT2D eigenvalue weighted by Gasteiger charge is 2.16. The molecule has 0 radical (unpaired) electrons. The van der Waals surface area contributed by atoms with Gasteiger partial charge in [0.05, 0.1) is 10.7 Å². The molecule has 0 bridgehead atoms. The topological polar surface area (TPSA) is 144 Å². The Labute approximate surface area is 199 Å². The van der Waals surface area contributed by atoms with Crippen LogP contribution >= 0.6 is 11.8 Å². The molecule has 4 N–H and O–H groups in total. The average Bonchev–Trinajstić information content (AvgIpc) is 2.83. The Morgan fingerprint density at radius 3 is 2.32 bits per heavy atom. The van der Waals surface area contributed by atoms with Gasteiger partial charge in [-0.05, 0) is 54.1 Å². The van der Waals surface area contributed by atoms with Gasteiger partial charge in [-0.2, -0.15) is 0 Å². The normalized spacial score (nSPS) is 10.9. The van der Waals surface area contributed by atoms with Crippen molar-refractivity contribution in [2.75, 3.05) is 11.1 Å². The molecule has 172 valence electrons. The van der Waals surface area contributed by atoms with Crippen molar-refractivity contribution in [2.24, 2.45) is 5.73 Å². The number of anilines is 1. The third-order valence-electron chi connectivity index (χ3n) is 4.42. The minimum Gasteiger partial charge on any atom is -0.369 e. The summed E-state index contributed by atoms with van der Waals surface area (Å²) in [6.45, 7) is 0. The Kier molecular flexibility index (Phi) is 8.14. The number of hydrogen-bond acceptors (Lipinski definition) is 6. The second kappa shape index (κ2) is 11.4. The molecule has 0 heterocycles. The molecule has 0 atom stereocenters. The maximum atomic E-state index is 13.1. The number of hydrogen-bond donors (Lipinski definition) is 3. The lowest BCUT2D eigenvalue weighted by atomic mass is 10.1. The molecule has 10 heteroatoms. The van der Waals surface area contributed by atoms with E-state index in [4.69, 9.17) is 5.73 Å². The number of thioether (sulfide) groups is 1. The highest BCUT2D eigenvalue weighted by molar-refractivity contribution is 8.00. The molecule has 34 heavy (non-hydrogen) atoms. The molecule has 3 rings (SSSR count). The van der Waals surface area contributed by atoms with Gasteiger partial charge in [0.15, 0.2) is 0 Å². The van der Waals surface area contributed by atoms with Gasteiger partial charge in [0.1, 0.15) is 5.70 Å². The predicted octanol–water partition coefficient (Wildman–Crippen LogP) is 3.58. The largest absolute Gasteiger partial charge is 0.369 e. The molecule has 3 aromatic rings. The van der Waals surface area contributed by atoms with E-state index in [0.717, 1.165) is 4.90 Å². The number of nitro groups is 1. The third kappa shape index (κ3) is 7.04. The Morgan fingerprint density at radius 2 is 1.68 bits per heavy atom. The summed E-state index contributed by atoms with van der Waals surface area (Å²) in [5.74, 6) is -1.46. The molecule has 0 aliphatic heterocycles. The number of nitrogens with one attached hydrogen (secondary N) is 2. The highest BCUT2D eigenvalue weighted by atomic mass is 32.2. The van der Waals surface area contributed by atoms with Crippen molar-refractivity contribution in [2.45, 2.75) is 4.90 Å². The maximum absolute atomic E-state index is 13.1. The molecule has 0 aliphatic rings. The van der Waals surface area contributed by atoms with Crippen LogP contribution in [0.15, 0.2) is 89.5 Å². The SMILES string of the molecule is NC(=O)CSc1cccc(NC(=O)/C(=C\c2ccc([N+](=O)[O-])cc2)NC(=O)c2ccccc2)c1. The molecule has 0 aliphatic carbocycles. The van der Waals surface area contributed by atoms with Crippen molar-refractivity contribution in [3.63, 3.8) is 0 Å². The number of amides is 3. The van der Waals surface area contributed by atoms with E-state index in [2.05, 4.69) is 10.6 Å². The summed E-state index contributed by atoms with van der Waals surface area (Å²) in [5, 5.41) is 16.2. The number of primary amides is 1. The van der Waals surface area contributed by atoms with E-state index in [1.165, 1.54) is 42.1 Å². The van der Waals surface area contributed by atoms with Crippen LogP contribution in [0.1, 0.15) is 15.9 Å². The number of rotatable bonds is 9. The lowest BCUT2D eigenvalue weighted by molar-refractivity contribution is -0.384. The summed E-state index contributed by atoms with van der Waals surface area (Å²) in [6, 6.07) is 20.8. The van der Waals surface area contributed by atoms with Crippen molar-refractivity contribution < 1.29 is 19.3 Å². The molecule has 3 aromatic carbocycles. The third-order valence-corrected chi connectivity index (χ3v) is 5.43. The smallest absolute Gasteiger partial charge is 0.272 e. The van der Waals surface area contributed by atoms with E-state index in [9.17, 15) is 24.5 Å². The van der Waals surface area contributed by atoms with Gasteiger partial charge in [0, 0.05) is 28.3 Å². The molecular formula is C24H20N4O5S. The van der Waals surface area contributed by atoms with E-state index in [0.29, 0.717) is 16.8 Å². The molecule has 0 aromatic heterocycles. The van der Waals surface area contributed by atoms with Crippen LogP contribution in [-0.4, -0.2) is 28.4 Å². The Morgan fingerprint density at radius 1 is 0.971 bits per heavy atom. The molecule has 9 nitrogen and oxygen atoms in total. The Bertz CT molecular complexity index is 1240. The minimum atomic E-state index is -0.598. The number of carbonyl (C=O) groups excluding carboxylic acids is 3. The number of nitro benzene ring substituents is 1. The van der Waals surface area contributed by atoms with E-state index in [1.54, 1.807) is 54.6 Å². The van der Waals surface area contributed by atoms with Crippen LogP contribution in [-0.2, 0) is 9.59 Å². The van der Waals surface area contributed by atoms with E-state index in [1.807, 2.05) is 0 Å². The molecule has 3 amide bonds. The molecule has 0 fully saturated rings. The minimum absolute atomic E-state index is 0.0575. The van der Waals surface area contributed by atoms with Gasteiger partial charge in [0.25, 0.3) is 17.5 Å². The van der Waals surface area contributed by atoms with Crippen LogP contribution in [0, 0.1) is 10.1 Å². The van der Waals surface area contributed by atoms with Crippen LogP contribution in [0.3, 0.4) is 0 Å². The van der Waals surface area contributed by atoms with Crippen molar-refractivity contribution in [1.82, 2.24) is 5.32 Å². The van der Waals surface area contributed by atoms with Crippen molar-refractivity contribution in [1.29, 1.82) is 0 Å². The van der Waals surface area contributed by atoms with Crippen LogP contribution in [0.2, 0.25) is 0 Å². The van der Waals surface area contributed by atoms with E-state index in [-0.39, 0.29) is 17.1 Å². The standard InChI is InChI=1S/C24H20N4O5S/c25-22(29)15-34-20-8-4-7-18(14-20)26-24(31)21(27-23(30)17-5-2-1-3-6-17)13-16-9-11-19(12-10-16)28(32)33/h1-14H,15H2,(H2,25,29)(H,26,31)(H,27,30)/b21-13+. The predicted molar refractivity (Wildman–Crippen MR) is 130 cm³/mol. The number of non-ortho nitro benzene ring substituents is 1. The van der Waals surface area contributed by atoms with Gasteiger partial charge < -0.3 is 16.4 Å². The summed E-state index contributed by atoms with van der Waals surface area (Å²) in [7, 11) is 0. The highest BCUT2D eigenvalue weighted by Crippen LogP contribution is 2.22. The van der Waals surface area contributed by atoms with E-state index >= 15 is 0 Å². The maximum Gasteiger partial charge on any atom is 0.272 e. The monoisotopic (exact) mass is 476 g/mol. The summed E-state index contributed by atoms with van der Waals surface area (Å²) < 4.78 is 0. The van der Waals surface area contributed by atoms with Gasteiger partial charge in [-0.1, -0.05) is 24.3 Å². The second-order valence-electron chi connectivity index (χ2n) is 6.96. The number of benzene rings is 3. The summed E-state index contributed by atoms with van der Waals surface area (Å²) in [5.41, 5.74) is 6.31. The zero-order valence-corrected chi connectivity index (χ0v) is 18.6. The summed E-state index contributed by atoms with van der Waals surface area (Å²) in [6.07, 6.45) is 1.42.